The molecule has 0 fully saturated rings. The van der Waals surface area contributed by atoms with Crippen molar-refractivity contribution in [3.8, 4) is 23.2 Å². The van der Waals surface area contributed by atoms with Crippen LogP contribution in [-0.2, 0) is 7.05 Å². The van der Waals surface area contributed by atoms with E-state index in [0.29, 0.717) is 33.4 Å². The lowest BCUT2D eigenvalue weighted by molar-refractivity contribution is 0.102. The van der Waals surface area contributed by atoms with Crippen molar-refractivity contribution in [1.29, 1.82) is 5.26 Å². The molecule has 2 aromatic carbocycles. The lowest BCUT2D eigenvalue weighted by Crippen LogP contribution is -2.16. The molecule has 0 saturated carbocycles. The molecule has 2 heterocycles. The molecule has 138 valence electrons. The Morgan fingerprint density at radius 2 is 2.14 bits per heavy atom. The zero-order valence-corrected chi connectivity index (χ0v) is 14.6. The fourth-order valence-electron chi connectivity index (χ4n) is 3.06. The van der Waals surface area contributed by atoms with Gasteiger partial charge >= 0.3 is 5.76 Å². The molecule has 0 saturated heterocycles. The van der Waals surface area contributed by atoms with Crippen LogP contribution in [0.25, 0.3) is 22.3 Å². The molecule has 0 unspecified atom stereocenters. The predicted molar refractivity (Wildman–Crippen MR) is 99.8 cm³/mol. The summed E-state index contributed by atoms with van der Waals surface area (Å²) in [5, 5.41) is 26.3. The number of amides is 1. The van der Waals surface area contributed by atoms with Crippen molar-refractivity contribution in [3.63, 3.8) is 0 Å². The molecule has 1 amide bonds. The van der Waals surface area contributed by atoms with Gasteiger partial charge in [0.15, 0.2) is 5.82 Å². The molecule has 4 aromatic rings. The minimum atomic E-state index is -0.751. The van der Waals surface area contributed by atoms with Crippen molar-refractivity contribution >= 4 is 22.5 Å². The number of aromatic amines is 1. The summed E-state index contributed by atoms with van der Waals surface area (Å²) in [5.41, 5.74) is 1.85. The van der Waals surface area contributed by atoms with E-state index in [9.17, 15) is 14.7 Å². The first kappa shape index (κ1) is 17.1. The van der Waals surface area contributed by atoms with Crippen LogP contribution < -0.4 is 11.1 Å². The van der Waals surface area contributed by atoms with Crippen LogP contribution in [0.15, 0.2) is 51.8 Å². The third-order valence-corrected chi connectivity index (χ3v) is 4.36. The Labute approximate surface area is 157 Å². The standard InChI is InChI=1S/C19H13N5O4/c1-24-14(8-11-3-2-4-15(25)16(11)24)18(26)21-13-6-5-10(9-20)7-12(13)17-22-19(27)28-23-17/h2-8,25H,1H3,(H,21,26)(H,22,23,27). The van der Waals surface area contributed by atoms with Gasteiger partial charge in [-0.05, 0) is 30.3 Å². The minimum absolute atomic E-state index is 0.0679. The van der Waals surface area contributed by atoms with Gasteiger partial charge in [-0.25, -0.2) is 4.79 Å². The number of para-hydroxylation sites is 1. The van der Waals surface area contributed by atoms with Crippen LogP contribution in [0, 0.1) is 11.3 Å². The largest absolute Gasteiger partial charge is 0.506 e. The molecule has 28 heavy (non-hydrogen) atoms. The first-order valence-electron chi connectivity index (χ1n) is 8.17. The molecule has 9 nitrogen and oxygen atoms in total. The Morgan fingerprint density at radius 3 is 2.82 bits per heavy atom. The average molecular weight is 375 g/mol. The number of benzene rings is 2. The van der Waals surface area contributed by atoms with Crippen molar-refractivity contribution < 1.29 is 14.4 Å². The molecule has 2 aromatic heterocycles. The van der Waals surface area contributed by atoms with Crippen molar-refractivity contribution in [3.05, 3.63) is 64.3 Å². The van der Waals surface area contributed by atoms with Gasteiger partial charge in [0.25, 0.3) is 5.91 Å². The SMILES string of the molecule is Cn1c(C(=O)Nc2ccc(C#N)cc2-c2noc(=O)[nH]2)cc2cccc(O)c21. The summed E-state index contributed by atoms with van der Waals surface area (Å²) in [6.45, 7) is 0. The second-order valence-corrected chi connectivity index (χ2v) is 6.07. The Hall–Kier alpha value is -4.32. The summed E-state index contributed by atoms with van der Waals surface area (Å²) in [4.78, 5) is 26.6. The third kappa shape index (κ3) is 2.79. The zero-order chi connectivity index (χ0) is 19.8. The van der Waals surface area contributed by atoms with E-state index in [1.807, 2.05) is 6.07 Å². The van der Waals surface area contributed by atoms with Gasteiger partial charge in [0.2, 0.25) is 0 Å². The number of H-pyrrole nitrogens is 1. The quantitative estimate of drug-likeness (QED) is 0.503. The number of aryl methyl sites for hydroxylation is 1. The molecule has 9 heteroatoms. The van der Waals surface area contributed by atoms with Gasteiger partial charge in [-0.2, -0.15) is 5.26 Å². The van der Waals surface area contributed by atoms with E-state index in [1.54, 1.807) is 41.9 Å². The van der Waals surface area contributed by atoms with E-state index in [2.05, 4.69) is 20.0 Å². The number of nitriles is 1. The second kappa shape index (κ2) is 6.44. The van der Waals surface area contributed by atoms with E-state index in [-0.39, 0.29) is 11.6 Å². The minimum Gasteiger partial charge on any atom is -0.506 e. The molecule has 4 rings (SSSR count). The molecule has 0 bridgehead atoms. The number of carbonyl (C=O) groups is 1. The van der Waals surface area contributed by atoms with E-state index in [4.69, 9.17) is 5.26 Å². The summed E-state index contributed by atoms with van der Waals surface area (Å²) in [5.74, 6) is -1.03. The summed E-state index contributed by atoms with van der Waals surface area (Å²) < 4.78 is 6.11. The number of rotatable bonds is 3. The molecule has 0 radical (unpaired) electrons. The number of fused-ring (bicyclic) bond motifs is 1. The zero-order valence-electron chi connectivity index (χ0n) is 14.6. The fourth-order valence-corrected chi connectivity index (χ4v) is 3.06. The lowest BCUT2D eigenvalue weighted by atomic mass is 10.1. The van der Waals surface area contributed by atoms with Crippen molar-refractivity contribution in [2.75, 3.05) is 5.32 Å². The van der Waals surface area contributed by atoms with Crippen LogP contribution in [0.1, 0.15) is 16.1 Å². The third-order valence-electron chi connectivity index (χ3n) is 4.36. The Balaban J connectivity index is 1.77. The van der Waals surface area contributed by atoms with Gasteiger partial charge < -0.3 is 15.0 Å². The summed E-state index contributed by atoms with van der Waals surface area (Å²) in [6.07, 6.45) is 0. The smallest absolute Gasteiger partial charge is 0.439 e. The van der Waals surface area contributed by atoms with Crippen LogP contribution in [0.2, 0.25) is 0 Å². The number of phenols is 1. The van der Waals surface area contributed by atoms with Gasteiger partial charge in [-0.15, -0.1) is 0 Å². The summed E-state index contributed by atoms with van der Waals surface area (Å²) in [6, 6.07) is 13.2. The summed E-state index contributed by atoms with van der Waals surface area (Å²) >= 11 is 0. The van der Waals surface area contributed by atoms with E-state index >= 15 is 0 Å². The Kier molecular flexibility index (Phi) is 3.94. The molecule has 0 spiro atoms. The maximum absolute atomic E-state index is 12.9. The maximum Gasteiger partial charge on any atom is 0.439 e. The number of phenolic OH excluding ortho intramolecular Hbond substituents is 1. The van der Waals surface area contributed by atoms with Gasteiger partial charge in [0.05, 0.1) is 22.8 Å². The predicted octanol–water partition coefficient (Wildman–Crippen LogP) is 2.35. The molecular weight excluding hydrogens is 362 g/mol. The first-order chi connectivity index (χ1) is 13.5. The monoisotopic (exact) mass is 375 g/mol. The number of anilines is 1. The number of carbonyl (C=O) groups excluding carboxylic acids is 1. The topological polar surface area (TPSA) is 137 Å². The normalized spacial score (nSPS) is 10.7. The fraction of sp³-hybridized carbons (Fsp3) is 0.0526. The van der Waals surface area contributed by atoms with Crippen molar-refractivity contribution in [2.24, 2.45) is 7.05 Å². The van der Waals surface area contributed by atoms with Crippen LogP contribution in [-0.4, -0.2) is 25.7 Å². The highest BCUT2D eigenvalue weighted by Crippen LogP contribution is 2.29. The molecule has 0 aliphatic rings. The Bertz CT molecular complexity index is 1320. The van der Waals surface area contributed by atoms with Gasteiger partial charge in [0.1, 0.15) is 11.4 Å². The molecule has 3 N–H and O–H groups in total. The highest BCUT2D eigenvalue weighted by atomic mass is 16.5. The van der Waals surface area contributed by atoms with Crippen molar-refractivity contribution in [2.45, 2.75) is 0 Å². The van der Waals surface area contributed by atoms with Crippen LogP contribution in [0.5, 0.6) is 5.75 Å². The second-order valence-electron chi connectivity index (χ2n) is 6.07. The van der Waals surface area contributed by atoms with E-state index < -0.39 is 11.7 Å². The van der Waals surface area contributed by atoms with E-state index in [0.717, 1.165) is 0 Å². The average Bonchev–Trinajstić information content (AvgIpc) is 3.26. The molecular formula is C19H13N5O4. The first-order valence-corrected chi connectivity index (χ1v) is 8.17. The highest BCUT2D eigenvalue weighted by molar-refractivity contribution is 6.08. The number of aromatic nitrogens is 3. The number of hydrogen-bond donors (Lipinski definition) is 3. The number of nitrogens with zero attached hydrogens (tertiary/aromatic N) is 3. The highest BCUT2D eigenvalue weighted by Gasteiger charge is 2.18. The molecule has 0 atom stereocenters. The maximum atomic E-state index is 12.9. The number of aromatic hydroxyl groups is 1. The van der Waals surface area contributed by atoms with Crippen molar-refractivity contribution in [1.82, 2.24) is 14.7 Å². The van der Waals surface area contributed by atoms with Gasteiger partial charge in [0, 0.05) is 18.0 Å². The van der Waals surface area contributed by atoms with Crippen LogP contribution in [0.3, 0.4) is 0 Å². The number of nitrogens with one attached hydrogen (secondary N) is 2. The molecule has 0 aliphatic heterocycles. The van der Waals surface area contributed by atoms with Gasteiger partial charge in [-0.1, -0.05) is 17.3 Å². The van der Waals surface area contributed by atoms with Crippen LogP contribution in [0.4, 0.5) is 5.69 Å². The van der Waals surface area contributed by atoms with Crippen LogP contribution >= 0.6 is 0 Å². The number of hydrogen-bond acceptors (Lipinski definition) is 6. The Morgan fingerprint density at radius 1 is 1.32 bits per heavy atom. The van der Waals surface area contributed by atoms with Gasteiger partial charge in [-0.3, -0.25) is 14.3 Å². The lowest BCUT2D eigenvalue weighted by Gasteiger charge is -2.10. The molecule has 0 aliphatic carbocycles. The summed E-state index contributed by atoms with van der Waals surface area (Å²) in [7, 11) is 1.67. The van der Waals surface area contributed by atoms with E-state index in [1.165, 1.54) is 12.1 Å².